The zero-order valence-corrected chi connectivity index (χ0v) is 14.7. The van der Waals surface area contributed by atoms with Crippen molar-refractivity contribution in [2.45, 2.75) is 6.54 Å². The smallest absolute Gasteiger partial charge is 0.253 e. The molecule has 0 aliphatic carbocycles. The Morgan fingerprint density at radius 1 is 1.24 bits per heavy atom. The van der Waals surface area contributed by atoms with Crippen molar-refractivity contribution in [2.75, 3.05) is 11.0 Å². The van der Waals surface area contributed by atoms with Crippen LogP contribution in [0.4, 0.5) is 5.69 Å². The number of fused-ring (bicyclic) bond motifs is 1. The van der Waals surface area contributed by atoms with Crippen LogP contribution in [0.3, 0.4) is 0 Å². The molecule has 0 radical (unpaired) electrons. The molecule has 0 bridgehead atoms. The topological polar surface area (TPSA) is 93.1 Å². The van der Waals surface area contributed by atoms with Crippen molar-refractivity contribution in [3.05, 3.63) is 59.9 Å². The van der Waals surface area contributed by atoms with Gasteiger partial charge in [0.05, 0.1) is 23.7 Å². The second kappa shape index (κ2) is 6.56. The van der Waals surface area contributed by atoms with Crippen LogP contribution in [0.15, 0.2) is 48.8 Å². The Labute approximate surface area is 145 Å². The Bertz CT molecular complexity index is 1030. The maximum Gasteiger partial charge on any atom is 0.253 e. The standard InChI is InChI=1S/C17H18N4O3S/c1-21-11-15(17(22)19-9-12-6-4-3-5-7-12)14-8-13(10-18-16(14)21)20-25(2,23)24/h3-8,10-11,20H,9H2,1-2H3,(H,19,22). The number of carbonyl (C=O) groups excluding carboxylic acids is 1. The molecule has 2 N–H and O–H groups in total. The van der Waals surface area contributed by atoms with Crippen molar-refractivity contribution in [2.24, 2.45) is 7.05 Å². The highest BCUT2D eigenvalue weighted by atomic mass is 32.2. The fourth-order valence-corrected chi connectivity index (χ4v) is 3.13. The Hall–Kier alpha value is -2.87. The number of hydrogen-bond donors (Lipinski definition) is 2. The van der Waals surface area contributed by atoms with E-state index in [0.29, 0.717) is 28.8 Å². The molecule has 0 fully saturated rings. The summed E-state index contributed by atoms with van der Waals surface area (Å²) in [5, 5.41) is 3.45. The molecular weight excluding hydrogens is 340 g/mol. The van der Waals surface area contributed by atoms with Crippen molar-refractivity contribution in [3.8, 4) is 0 Å². The van der Waals surface area contributed by atoms with Gasteiger partial charge in [-0.25, -0.2) is 13.4 Å². The van der Waals surface area contributed by atoms with E-state index in [1.54, 1.807) is 23.9 Å². The van der Waals surface area contributed by atoms with Crippen LogP contribution in [0.1, 0.15) is 15.9 Å². The lowest BCUT2D eigenvalue weighted by molar-refractivity contribution is 0.0952. The van der Waals surface area contributed by atoms with E-state index in [1.165, 1.54) is 6.20 Å². The number of aryl methyl sites for hydroxylation is 1. The lowest BCUT2D eigenvalue weighted by atomic mass is 10.2. The van der Waals surface area contributed by atoms with Gasteiger partial charge in [0.25, 0.3) is 5.91 Å². The summed E-state index contributed by atoms with van der Waals surface area (Å²) in [5.41, 5.74) is 2.36. The van der Waals surface area contributed by atoms with Crippen LogP contribution in [0, 0.1) is 0 Å². The molecule has 7 nitrogen and oxygen atoms in total. The van der Waals surface area contributed by atoms with Crippen LogP contribution in [0.25, 0.3) is 11.0 Å². The molecule has 25 heavy (non-hydrogen) atoms. The summed E-state index contributed by atoms with van der Waals surface area (Å²) in [6, 6.07) is 11.2. The summed E-state index contributed by atoms with van der Waals surface area (Å²) in [6.45, 7) is 0.408. The van der Waals surface area contributed by atoms with Gasteiger partial charge < -0.3 is 9.88 Å². The molecule has 2 heterocycles. The van der Waals surface area contributed by atoms with E-state index in [1.807, 2.05) is 30.3 Å². The molecule has 0 aliphatic rings. The summed E-state index contributed by atoms with van der Waals surface area (Å²) < 4.78 is 26.9. The van der Waals surface area contributed by atoms with Crippen molar-refractivity contribution in [1.82, 2.24) is 14.9 Å². The number of hydrogen-bond acceptors (Lipinski definition) is 4. The van der Waals surface area contributed by atoms with Gasteiger partial charge in [0.15, 0.2) is 0 Å². The van der Waals surface area contributed by atoms with Crippen LogP contribution in [-0.2, 0) is 23.6 Å². The Morgan fingerprint density at radius 2 is 1.96 bits per heavy atom. The molecule has 0 aliphatic heterocycles. The normalized spacial score (nSPS) is 11.4. The summed E-state index contributed by atoms with van der Waals surface area (Å²) >= 11 is 0. The molecule has 1 aromatic carbocycles. The molecule has 0 unspecified atom stereocenters. The van der Waals surface area contributed by atoms with Gasteiger partial charge in [-0.1, -0.05) is 30.3 Å². The van der Waals surface area contributed by atoms with E-state index >= 15 is 0 Å². The predicted molar refractivity (Wildman–Crippen MR) is 96.8 cm³/mol. The third kappa shape index (κ3) is 3.97. The fraction of sp³-hybridized carbons (Fsp3) is 0.176. The van der Waals surface area contributed by atoms with E-state index in [9.17, 15) is 13.2 Å². The first-order valence-corrected chi connectivity index (χ1v) is 9.47. The van der Waals surface area contributed by atoms with E-state index in [4.69, 9.17) is 0 Å². The fourth-order valence-electron chi connectivity index (χ4n) is 2.59. The summed E-state index contributed by atoms with van der Waals surface area (Å²) in [7, 11) is -1.63. The van der Waals surface area contributed by atoms with Crippen molar-refractivity contribution < 1.29 is 13.2 Å². The van der Waals surface area contributed by atoms with Gasteiger partial charge in [-0.15, -0.1) is 0 Å². The van der Waals surface area contributed by atoms with Gasteiger partial charge >= 0.3 is 0 Å². The third-order valence-corrected chi connectivity index (χ3v) is 4.26. The lowest BCUT2D eigenvalue weighted by Gasteiger charge is -2.06. The molecule has 0 spiro atoms. The van der Waals surface area contributed by atoms with Gasteiger partial charge in [-0.3, -0.25) is 9.52 Å². The maximum atomic E-state index is 12.6. The van der Waals surface area contributed by atoms with Crippen LogP contribution in [0.2, 0.25) is 0 Å². The van der Waals surface area contributed by atoms with Crippen molar-refractivity contribution >= 4 is 32.7 Å². The van der Waals surface area contributed by atoms with Crippen LogP contribution in [-0.4, -0.2) is 30.1 Å². The molecule has 2 aromatic heterocycles. The molecule has 0 saturated heterocycles. The third-order valence-electron chi connectivity index (χ3n) is 3.66. The minimum absolute atomic E-state index is 0.243. The van der Waals surface area contributed by atoms with Gasteiger partial charge in [-0.05, 0) is 11.6 Å². The molecule has 1 amide bonds. The first-order chi connectivity index (χ1) is 11.8. The number of rotatable bonds is 5. The molecule has 0 saturated carbocycles. The van der Waals surface area contributed by atoms with Gasteiger partial charge in [-0.2, -0.15) is 0 Å². The van der Waals surface area contributed by atoms with Crippen LogP contribution in [0.5, 0.6) is 0 Å². The average Bonchev–Trinajstić information content (AvgIpc) is 2.88. The summed E-state index contributed by atoms with van der Waals surface area (Å²) in [6.07, 6.45) is 4.17. The number of anilines is 1. The average molecular weight is 358 g/mol. The number of pyridine rings is 1. The number of benzene rings is 1. The molecule has 8 heteroatoms. The highest BCUT2D eigenvalue weighted by Gasteiger charge is 2.16. The largest absolute Gasteiger partial charge is 0.348 e. The second-order valence-corrected chi connectivity index (χ2v) is 7.54. The highest BCUT2D eigenvalue weighted by molar-refractivity contribution is 7.92. The number of aromatic nitrogens is 2. The van der Waals surface area contributed by atoms with E-state index in [0.717, 1.165) is 11.8 Å². The number of carbonyl (C=O) groups is 1. The monoisotopic (exact) mass is 358 g/mol. The Kier molecular flexibility index (Phi) is 4.45. The molecule has 0 atom stereocenters. The van der Waals surface area contributed by atoms with Crippen LogP contribution >= 0.6 is 0 Å². The van der Waals surface area contributed by atoms with E-state index < -0.39 is 10.0 Å². The Balaban J connectivity index is 1.89. The SMILES string of the molecule is Cn1cc(C(=O)NCc2ccccc2)c2cc(NS(C)(=O)=O)cnc21. The predicted octanol–water partition coefficient (Wildman–Crippen LogP) is 1.87. The van der Waals surface area contributed by atoms with Crippen LogP contribution < -0.4 is 10.0 Å². The highest BCUT2D eigenvalue weighted by Crippen LogP contribution is 2.22. The number of nitrogens with one attached hydrogen (secondary N) is 2. The van der Waals surface area contributed by atoms with E-state index in [-0.39, 0.29) is 5.91 Å². The van der Waals surface area contributed by atoms with Gasteiger partial charge in [0, 0.05) is 25.2 Å². The maximum absolute atomic E-state index is 12.6. The molecule has 3 rings (SSSR count). The van der Waals surface area contributed by atoms with Gasteiger partial charge in [0.2, 0.25) is 10.0 Å². The summed E-state index contributed by atoms with van der Waals surface area (Å²) in [5.74, 6) is -0.243. The second-order valence-electron chi connectivity index (χ2n) is 5.79. The van der Waals surface area contributed by atoms with E-state index in [2.05, 4.69) is 15.0 Å². The molecule has 130 valence electrons. The first kappa shape index (κ1) is 17.0. The summed E-state index contributed by atoms with van der Waals surface area (Å²) in [4.78, 5) is 16.8. The zero-order chi connectivity index (χ0) is 18.0. The Morgan fingerprint density at radius 3 is 2.64 bits per heavy atom. The van der Waals surface area contributed by atoms with Gasteiger partial charge in [0.1, 0.15) is 5.65 Å². The minimum atomic E-state index is -3.42. The quantitative estimate of drug-likeness (QED) is 0.728. The van der Waals surface area contributed by atoms with Crippen molar-refractivity contribution in [1.29, 1.82) is 0 Å². The zero-order valence-electron chi connectivity index (χ0n) is 13.9. The lowest BCUT2D eigenvalue weighted by Crippen LogP contribution is -2.22. The van der Waals surface area contributed by atoms with Crippen molar-refractivity contribution in [3.63, 3.8) is 0 Å². The number of amides is 1. The minimum Gasteiger partial charge on any atom is -0.348 e. The molecule has 3 aromatic rings. The first-order valence-electron chi connectivity index (χ1n) is 7.58. The number of sulfonamides is 1. The number of nitrogens with zero attached hydrogens (tertiary/aromatic N) is 2. The molecular formula is C17H18N4O3S.